The van der Waals surface area contributed by atoms with Gasteiger partial charge in [0, 0.05) is 29.6 Å². The Hall–Kier alpha value is 0.360. The molecule has 0 atom stereocenters. The molecule has 1 radical (unpaired) electrons. The van der Waals surface area contributed by atoms with Crippen LogP contribution in [0.3, 0.4) is 0 Å². The fourth-order valence-corrected chi connectivity index (χ4v) is 0.129. The fourth-order valence-electron chi connectivity index (χ4n) is 0.129. The number of hydrogen-bond donors (Lipinski definition) is 1. The number of aromatic amines is 1. The monoisotopic (exact) mass is 129 g/mol. The Bertz CT molecular complexity index is 68.2. The van der Waals surface area contributed by atoms with Crippen molar-refractivity contribution in [3.63, 3.8) is 0 Å². The number of nitrogens with zero attached hydrogens (tertiary/aromatic N) is 3. The van der Waals surface area contributed by atoms with Crippen LogP contribution >= 0.6 is 12.4 Å². The summed E-state index contributed by atoms with van der Waals surface area (Å²) in [6.07, 6.45) is 1.33. The van der Waals surface area contributed by atoms with Crippen LogP contribution in [0.4, 0.5) is 0 Å². The summed E-state index contributed by atoms with van der Waals surface area (Å²) in [4.78, 5) is 0. The Balaban J connectivity index is 0. The van der Waals surface area contributed by atoms with Crippen molar-refractivity contribution in [1.82, 2.24) is 20.6 Å². The molecule has 1 N–H and O–H groups in total. The molecule has 0 aliphatic rings. The minimum Gasteiger partial charge on any atom is -0.177 e. The molecule has 0 unspecified atom stereocenters. The Morgan fingerprint density at radius 1 is 1.43 bits per heavy atom. The SMILES string of the molecule is Cl.[Na].c1nn[nH]n1. The third-order valence-electron chi connectivity index (χ3n) is 0.270. The van der Waals surface area contributed by atoms with Crippen LogP contribution in [-0.4, -0.2) is 50.2 Å². The summed E-state index contributed by atoms with van der Waals surface area (Å²) in [6.45, 7) is 0. The van der Waals surface area contributed by atoms with Gasteiger partial charge in [0.05, 0.1) is 0 Å². The maximum Gasteiger partial charge on any atom is 0.161 e. The van der Waals surface area contributed by atoms with Crippen LogP contribution in [0.15, 0.2) is 6.33 Å². The van der Waals surface area contributed by atoms with E-state index in [1.54, 1.807) is 0 Å². The number of tetrazole rings is 1. The Morgan fingerprint density at radius 2 is 2.14 bits per heavy atom. The number of nitrogens with one attached hydrogen (secondary N) is 1. The quantitative estimate of drug-likeness (QED) is 0.469. The molecule has 35 valence electrons. The summed E-state index contributed by atoms with van der Waals surface area (Å²) in [5.41, 5.74) is 0. The first-order chi connectivity index (χ1) is 2.50. The predicted molar refractivity (Wildman–Crippen MR) is 27.2 cm³/mol. The zero-order valence-corrected chi connectivity index (χ0v) is 6.64. The predicted octanol–water partition coefficient (Wildman–Crippen LogP) is -0.759. The summed E-state index contributed by atoms with van der Waals surface area (Å²) >= 11 is 0. The summed E-state index contributed by atoms with van der Waals surface area (Å²) in [7, 11) is 0. The van der Waals surface area contributed by atoms with Gasteiger partial charge in [0.25, 0.3) is 0 Å². The topological polar surface area (TPSA) is 54.5 Å². The number of H-pyrrole nitrogens is 1. The average molecular weight is 130 g/mol. The first-order valence-corrected chi connectivity index (χ1v) is 1.16. The van der Waals surface area contributed by atoms with Crippen molar-refractivity contribution in [2.75, 3.05) is 0 Å². The Kier molecular flexibility index (Phi) is 9.42. The van der Waals surface area contributed by atoms with Gasteiger partial charge < -0.3 is 0 Å². The van der Waals surface area contributed by atoms with Crippen molar-refractivity contribution < 1.29 is 0 Å². The van der Waals surface area contributed by atoms with E-state index >= 15 is 0 Å². The van der Waals surface area contributed by atoms with Crippen molar-refractivity contribution in [2.24, 2.45) is 0 Å². The van der Waals surface area contributed by atoms with Crippen molar-refractivity contribution in [1.29, 1.82) is 0 Å². The van der Waals surface area contributed by atoms with Crippen LogP contribution in [0.25, 0.3) is 0 Å². The zero-order valence-electron chi connectivity index (χ0n) is 3.83. The number of halogens is 1. The minimum absolute atomic E-state index is 0. The summed E-state index contributed by atoms with van der Waals surface area (Å²) in [5, 5.41) is 12.2. The molecule has 4 nitrogen and oxygen atoms in total. The molecular weight excluding hydrogens is 126 g/mol. The zero-order chi connectivity index (χ0) is 3.54. The largest absolute Gasteiger partial charge is 0.177 e. The van der Waals surface area contributed by atoms with Crippen molar-refractivity contribution in [3.05, 3.63) is 6.33 Å². The molecule has 0 aromatic carbocycles. The van der Waals surface area contributed by atoms with Gasteiger partial charge in [-0.3, -0.25) is 0 Å². The van der Waals surface area contributed by atoms with Gasteiger partial charge in [-0.05, 0) is 0 Å². The van der Waals surface area contributed by atoms with Crippen LogP contribution in [0, 0.1) is 0 Å². The molecule has 1 aromatic rings. The molecule has 0 saturated heterocycles. The van der Waals surface area contributed by atoms with Gasteiger partial charge in [-0.1, -0.05) is 5.21 Å². The van der Waals surface area contributed by atoms with E-state index in [0.29, 0.717) is 0 Å². The molecule has 1 rings (SSSR count). The van der Waals surface area contributed by atoms with E-state index < -0.39 is 0 Å². The molecule has 0 spiro atoms. The van der Waals surface area contributed by atoms with Gasteiger partial charge in [0.15, 0.2) is 6.33 Å². The Morgan fingerprint density at radius 3 is 2.29 bits per heavy atom. The van der Waals surface area contributed by atoms with Crippen LogP contribution in [0.1, 0.15) is 0 Å². The molecular formula is CH3ClN4Na. The summed E-state index contributed by atoms with van der Waals surface area (Å²) < 4.78 is 0. The first kappa shape index (κ1) is 10.4. The van der Waals surface area contributed by atoms with Crippen LogP contribution in [-0.2, 0) is 0 Å². The summed E-state index contributed by atoms with van der Waals surface area (Å²) in [6, 6.07) is 0. The van der Waals surface area contributed by atoms with Crippen LogP contribution in [0.2, 0.25) is 0 Å². The van der Waals surface area contributed by atoms with Gasteiger partial charge in [-0.2, -0.15) is 5.21 Å². The van der Waals surface area contributed by atoms with Gasteiger partial charge in [0.2, 0.25) is 0 Å². The second-order valence-electron chi connectivity index (χ2n) is 0.560. The molecule has 1 aromatic heterocycles. The number of rotatable bonds is 0. The molecule has 0 fully saturated rings. The maximum atomic E-state index is 3.38. The van der Waals surface area contributed by atoms with E-state index in [1.807, 2.05) is 0 Å². The summed E-state index contributed by atoms with van der Waals surface area (Å²) in [5.74, 6) is 0. The van der Waals surface area contributed by atoms with Crippen molar-refractivity contribution in [2.45, 2.75) is 0 Å². The standard InChI is InChI=1S/CH2N4.ClH.Na/c1-2-4-5-3-1;;/h1H,(H,2,3,4,5);1H;. The molecule has 6 heteroatoms. The van der Waals surface area contributed by atoms with Gasteiger partial charge in [0.1, 0.15) is 0 Å². The van der Waals surface area contributed by atoms with Gasteiger partial charge in [-0.25, -0.2) is 0 Å². The molecule has 1 heterocycles. The third-order valence-corrected chi connectivity index (χ3v) is 0.270. The van der Waals surface area contributed by atoms with E-state index in [9.17, 15) is 0 Å². The minimum atomic E-state index is 0. The maximum absolute atomic E-state index is 3.38. The molecule has 0 aliphatic carbocycles. The number of aromatic nitrogens is 4. The molecule has 0 saturated carbocycles. The Labute approximate surface area is 68.8 Å². The van der Waals surface area contributed by atoms with Gasteiger partial charge in [-0.15, -0.1) is 22.6 Å². The van der Waals surface area contributed by atoms with E-state index in [4.69, 9.17) is 0 Å². The molecule has 0 aliphatic heterocycles. The van der Waals surface area contributed by atoms with E-state index in [-0.39, 0.29) is 42.0 Å². The second kappa shape index (κ2) is 6.36. The van der Waals surface area contributed by atoms with E-state index in [0.717, 1.165) is 0 Å². The fraction of sp³-hybridized carbons (Fsp3) is 0. The van der Waals surface area contributed by atoms with Crippen LogP contribution < -0.4 is 0 Å². The third kappa shape index (κ3) is 4.21. The van der Waals surface area contributed by atoms with E-state index in [2.05, 4.69) is 20.6 Å². The number of hydrogen-bond acceptors (Lipinski definition) is 3. The van der Waals surface area contributed by atoms with E-state index in [1.165, 1.54) is 6.33 Å². The molecule has 7 heavy (non-hydrogen) atoms. The average Bonchev–Trinajstić information content (AvgIpc) is 1.76. The van der Waals surface area contributed by atoms with Crippen LogP contribution in [0.5, 0.6) is 0 Å². The normalized spacial score (nSPS) is 5.71. The van der Waals surface area contributed by atoms with Crippen molar-refractivity contribution in [3.8, 4) is 0 Å². The second-order valence-corrected chi connectivity index (χ2v) is 0.560. The smallest absolute Gasteiger partial charge is 0.161 e. The molecule has 0 amide bonds. The van der Waals surface area contributed by atoms with Crippen molar-refractivity contribution >= 4 is 42.0 Å². The van der Waals surface area contributed by atoms with Gasteiger partial charge >= 0.3 is 0 Å². The first-order valence-electron chi connectivity index (χ1n) is 1.16. The molecule has 0 bridgehead atoms.